The Hall–Kier alpha value is -1.81. The maximum Gasteiger partial charge on any atom is 0.208 e. The normalized spacial score (nSPS) is 12.6. The molecule has 0 spiro atoms. The molecule has 4 nitrogen and oxygen atoms in total. The molecule has 4 heteroatoms. The zero-order chi connectivity index (χ0) is 15.2. The van der Waals surface area contributed by atoms with Crippen molar-refractivity contribution in [3.8, 4) is 5.75 Å². The number of hydrogen-bond acceptors (Lipinski definition) is 4. The highest BCUT2D eigenvalue weighted by Crippen LogP contribution is 2.19. The fourth-order valence-corrected chi connectivity index (χ4v) is 2.06. The molecule has 0 amide bonds. The van der Waals surface area contributed by atoms with Crippen LogP contribution in [0.15, 0.2) is 34.9 Å². The predicted molar refractivity (Wildman–Crippen MR) is 83.3 cm³/mol. The van der Waals surface area contributed by atoms with Crippen LogP contribution in [-0.2, 0) is 13.0 Å². The van der Waals surface area contributed by atoms with E-state index in [4.69, 9.17) is 9.15 Å². The highest BCUT2D eigenvalue weighted by molar-refractivity contribution is 5.29. The highest BCUT2D eigenvalue weighted by atomic mass is 16.5. The van der Waals surface area contributed by atoms with Gasteiger partial charge in [0.15, 0.2) is 0 Å². The molecule has 21 heavy (non-hydrogen) atoms. The average Bonchev–Trinajstić information content (AvgIpc) is 2.93. The van der Waals surface area contributed by atoms with Crippen molar-refractivity contribution in [2.45, 2.75) is 52.8 Å². The van der Waals surface area contributed by atoms with Crippen LogP contribution >= 0.6 is 0 Å². The summed E-state index contributed by atoms with van der Waals surface area (Å²) in [7, 11) is 0. The molecule has 1 atom stereocenters. The largest absolute Gasteiger partial charge is 0.491 e. The third-order valence-electron chi connectivity index (χ3n) is 3.26. The Bertz CT molecular complexity index is 546. The number of nitrogens with zero attached hydrogens (tertiary/aromatic N) is 1. The highest BCUT2D eigenvalue weighted by Gasteiger charge is 2.08. The van der Waals surface area contributed by atoms with Gasteiger partial charge in [0.1, 0.15) is 11.5 Å². The lowest BCUT2D eigenvalue weighted by atomic mass is 10.1. The lowest BCUT2D eigenvalue weighted by Gasteiger charge is -2.14. The van der Waals surface area contributed by atoms with Crippen LogP contribution in [0.3, 0.4) is 0 Å². The maximum absolute atomic E-state index is 5.65. The lowest BCUT2D eigenvalue weighted by Crippen LogP contribution is -2.18. The Balaban J connectivity index is 1.89. The Morgan fingerprint density at radius 3 is 2.48 bits per heavy atom. The molecule has 2 rings (SSSR count). The SMILES string of the molecule is CCc1cnc(CNC(C)c2ccc(OC(C)C)cc2)o1. The van der Waals surface area contributed by atoms with Gasteiger partial charge in [-0.3, -0.25) is 0 Å². The smallest absolute Gasteiger partial charge is 0.208 e. The van der Waals surface area contributed by atoms with Crippen LogP contribution in [0.5, 0.6) is 5.75 Å². The molecule has 1 aromatic carbocycles. The fraction of sp³-hybridized carbons (Fsp3) is 0.471. The molecule has 0 bridgehead atoms. The second-order valence-corrected chi connectivity index (χ2v) is 5.41. The number of aromatic nitrogens is 1. The van der Waals surface area contributed by atoms with Crippen molar-refractivity contribution in [2.24, 2.45) is 0 Å². The summed E-state index contributed by atoms with van der Waals surface area (Å²) in [6, 6.07) is 8.42. The quantitative estimate of drug-likeness (QED) is 0.840. The topological polar surface area (TPSA) is 47.3 Å². The summed E-state index contributed by atoms with van der Waals surface area (Å²) < 4.78 is 11.2. The van der Waals surface area contributed by atoms with E-state index in [9.17, 15) is 0 Å². The summed E-state index contributed by atoms with van der Waals surface area (Å²) in [6.07, 6.45) is 2.86. The van der Waals surface area contributed by atoms with Crippen molar-refractivity contribution >= 4 is 0 Å². The van der Waals surface area contributed by atoms with Gasteiger partial charge < -0.3 is 14.5 Å². The van der Waals surface area contributed by atoms with Gasteiger partial charge in [0, 0.05) is 12.5 Å². The first-order valence-electron chi connectivity index (χ1n) is 7.52. The summed E-state index contributed by atoms with van der Waals surface area (Å²) >= 11 is 0. The zero-order valence-electron chi connectivity index (χ0n) is 13.2. The van der Waals surface area contributed by atoms with Crippen molar-refractivity contribution < 1.29 is 9.15 Å². The van der Waals surface area contributed by atoms with E-state index in [0.29, 0.717) is 6.54 Å². The molecule has 0 aliphatic rings. The van der Waals surface area contributed by atoms with Crippen molar-refractivity contribution in [1.29, 1.82) is 0 Å². The monoisotopic (exact) mass is 288 g/mol. The number of hydrogen-bond donors (Lipinski definition) is 1. The fourth-order valence-electron chi connectivity index (χ4n) is 2.06. The van der Waals surface area contributed by atoms with Gasteiger partial charge >= 0.3 is 0 Å². The van der Waals surface area contributed by atoms with Crippen molar-refractivity contribution in [3.05, 3.63) is 47.7 Å². The Morgan fingerprint density at radius 2 is 1.90 bits per heavy atom. The standard InChI is InChI=1S/C17H24N2O2/c1-5-15-10-19-17(21-15)11-18-13(4)14-6-8-16(9-7-14)20-12(2)3/h6-10,12-13,18H,5,11H2,1-4H3. The third-order valence-corrected chi connectivity index (χ3v) is 3.26. The minimum atomic E-state index is 0.198. The molecule has 2 aromatic rings. The van der Waals surface area contributed by atoms with Crippen LogP contribution < -0.4 is 10.1 Å². The van der Waals surface area contributed by atoms with Crippen LogP contribution in [-0.4, -0.2) is 11.1 Å². The minimum Gasteiger partial charge on any atom is -0.491 e. The van der Waals surface area contributed by atoms with E-state index in [2.05, 4.69) is 36.3 Å². The summed E-state index contributed by atoms with van der Waals surface area (Å²) in [4.78, 5) is 4.25. The first-order chi connectivity index (χ1) is 10.1. The van der Waals surface area contributed by atoms with E-state index in [-0.39, 0.29) is 12.1 Å². The molecular weight excluding hydrogens is 264 g/mol. The van der Waals surface area contributed by atoms with Gasteiger partial charge in [-0.15, -0.1) is 0 Å². The molecule has 1 N–H and O–H groups in total. The Kier molecular flexibility index (Phi) is 5.39. The molecule has 0 aliphatic heterocycles. The minimum absolute atomic E-state index is 0.198. The molecule has 0 aliphatic carbocycles. The maximum atomic E-state index is 5.65. The molecular formula is C17H24N2O2. The van der Waals surface area contributed by atoms with Crippen LogP contribution in [0.4, 0.5) is 0 Å². The number of nitrogens with one attached hydrogen (secondary N) is 1. The van der Waals surface area contributed by atoms with E-state index in [1.54, 1.807) is 6.20 Å². The Morgan fingerprint density at radius 1 is 1.19 bits per heavy atom. The van der Waals surface area contributed by atoms with E-state index >= 15 is 0 Å². The number of ether oxygens (including phenoxy) is 1. The summed E-state index contributed by atoms with van der Waals surface area (Å²) in [5.41, 5.74) is 1.22. The van der Waals surface area contributed by atoms with Gasteiger partial charge in [0.2, 0.25) is 5.89 Å². The van der Waals surface area contributed by atoms with E-state index in [1.807, 2.05) is 26.0 Å². The van der Waals surface area contributed by atoms with Gasteiger partial charge in [-0.2, -0.15) is 0 Å². The van der Waals surface area contributed by atoms with E-state index in [0.717, 1.165) is 23.8 Å². The molecule has 0 saturated carbocycles. The zero-order valence-corrected chi connectivity index (χ0v) is 13.2. The first kappa shape index (κ1) is 15.6. The van der Waals surface area contributed by atoms with Gasteiger partial charge in [-0.05, 0) is 38.5 Å². The van der Waals surface area contributed by atoms with Crippen molar-refractivity contribution in [2.75, 3.05) is 0 Å². The van der Waals surface area contributed by atoms with Gasteiger partial charge in [-0.1, -0.05) is 19.1 Å². The van der Waals surface area contributed by atoms with Crippen LogP contribution in [0, 0.1) is 0 Å². The average molecular weight is 288 g/mol. The second kappa shape index (κ2) is 7.27. The lowest BCUT2D eigenvalue weighted by molar-refractivity contribution is 0.242. The first-order valence-corrected chi connectivity index (χ1v) is 7.52. The number of benzene rings is 1. The van der Waals surface area contributed by atoms with Gasteiger partial charge in [-0.25, -0.2) is 4.98 Å². The summed E-state index contributed by atoms with van der Waals surface area (Å²) in [6.45, 7) is 8.87. The number of rotatable bonds is 7. The summed E-state index contributed by atoms with van der Waals surface area (Å²) in [5, 5.41) is 3.42. The molecule has 1 heterocycles. The molecule has 1 aromatic heterocycles. The van der Waals surface area contributed by atoms with Crippen LogP contribution in [0.2, 0.25) is 0 Å². The van der Waals surface area contributed by atoms with Crippen molar-refractivity contribution in [3.63, 3.8) is 0 Å². The molecule has 0 radical (unpaired) electrons. The van der Waals surface area contributed by atoms with Crippen molar-refractivity contribution in [1.82, 2.24) is 10.3 Å². The molecule has 0 fully saturated rings. The van der Waals surface area contributed by atoms with Crippen LogP contribution in [0.25, 0.3) is 0 Å². The molecule has 1 unspecified atom stereocenters. The summed E-state index contributed by atoms with van der Waals surface area (Å²) in [5.74, 6) is 2.56. The molecule has 0 saturated heterocycles. The molecule has 114 valence electrons. The van der Waals surface area contributed by atoms with E-state index < -0.39 is 0 Å². The van der Waals surface area contributed by atoms with E-state index in [1.165, 1.54) is 5.56 Å². The van der Waals surface area contributed by atoms with Gasteiger partial charge in [0.05, 0.1) is 18.8 Å². The predicted octanol–water partition coefficient (Wildman–Crippen LogP) is 3.88. The third kappa shape index (κ3) is 4.60. The Labute approximate surface area is 126 Å². The second-order valence-electron chi connectivity index (χ2n) is 5.41. The van der Waals surface area contributed by atoms with Gasteiger partial charge in [0.25, 0.3) is 0 Å². The number of oxazole rings is 1. The van der Waals surface area contributed by atoms with Crippen LogP contribution in [0.1, 0.15) is 51.0 Å². The number of aryl methyl sites for hydroxylation is 1.